The highest BCUT2D eigenvalue weighted by Crippen LogP contribution is 2.31. The van der Waals surface area contributed by atoms with Crippen molar-refractivity contribution < 1.29 is 13.9 Å². The predicted octanol–water partition coefficient (Wildman–Crippen LogP) is 3.41. The number of para-hydroxylation sites is 1. The van der Waals surface area contributed by atoms with Crippen LogP contribution in [0.3, 0.4) is 0 Å². The van der Waals surface area contributed by atoms with Gasteiger partial charge in [0.05, 0.1) is 7.11 Å². The average molecular weight is 310 g/mol. The molecular formula is C18H18N2O3. The Bertz CT molecular complexity index is 825. The summed E-state index contributed by atoms with van der Waals surface area (Å²) in [4.78, 5) is 12.4. The summed E-state index contributed by atoms with van der Waals surface area (Å²) in [7, 11) is 3.46. The van der Waals surface area contributed by atoms with Crippen LogP contribution >= 0.6 is 0 Å². The molecule has 0 aliphatic rings. The SMILES string of the molecule is CNCc1ccc(OC)c2oc(C(=O)Nc3ccccc3)cc12. The zero-order valence-corrected chi connectivity index (χ0v) is 13.1. The van der Waals surface area contributed by atoms with E-state index in [1.165, 1.54) is 0 Å². The van der Waals surface area contributed by atoms with Crippen molar-refractivity contribution >= 4 is 22.6 Å². The van der Waals surface area contributed by atoms with Crippen LogP contribution in [-0.2, 0) is 6.54 Å². The molecule has 0 saturated carbocycles. The van der Waals surface area contributed by atoms with Crippen molar-refractivity contribution in [2.45, 2.75) is 6.54 Å². The first-order chi connectivity index (χ1) is 11.2. The molecule has 0 aliphatic heterocycles. The quantitative estimate of drug-likeness (QED) is 0.758. The van der Waals surface area contributed by atoms with Gasteiger partial charge in [0.25, 0.3) is 5.91 Å². The van der Waals surface area contributed by atoms with Gasteiger partial charge in [-0.3, -0.25) is 4.79 Å². The van der Waals surface area contributed by atoms with Crippen LogP contribution in [0.2, 0.25) is 0 Å². The zero-order valence-electron chi connectivity index (χ0n) is 13.1. The lowest BCUT2D eigenvalue weighted by atomic mass is 10.1. The van der Waals surface area contributed by atoms with Crippen molar-refractivity contribution in [1.29, 1.82) is 0 Å². The van der Waals surface area contributed by atoms with E-state index in [2.05, 4.69) is 10.6 Å². The van der Waals surface area contributed by atoms with E-state index in [1.807, 2.05) is 49.5 Å². The van der Waals surface area contributed by atoms with Crippen LogP contribution in [0.5, 0.6) is 5.75 Å². The molecule has 5 nitrogen and oxygen atoms in total. The summed E-state index contributed by atoms with van der Waals surface area (Å²) >= 11 is 0. The third kappa shape index (κ3) is 3.05. The molecule has 0 aliphatic carbocycles. The highest BCUT2D eigenvalue weighted by molar-refractivity contribution is 6.05. The van der Waals surface area contributed by atoms with Gasteiger partial charge in [0, 0.05) is 17.6 Å². The maximum absolute atomic E-state index is 12.4. The number of rotatable bonds is 5. The van der Waals surface area contributed by atoms with Gasteiger partial charge in [-0.25, -0.2) is 0 Å². The number of hydrogen-bond donors (Lipinski definition) is 2. The Hall–Kier alpha value is -2.79. The number of amides is 1. The number of furan rings is 1. The number of carbonyl (C=O) groups is 1. The van der Waals surface area contributed by atoms with Crippen molar-refractivity contribution in [1.82, 2.24) is 5.32 Å². The second-order valence-corrected chi connectivity index (χ2v) is 5.13. The van der Waals surface area contributed by atoms with E-state index in [4.69, 9.17) is 9.15 Å². The Morgan fingerprint density at radius 3 is 2.65 bits per heavy atom. The second kappa shape index (κ2) is 6.54. The Morgan fingerprint density at radius 2 is 1.96 bits per heavy atom. The van der Waals surface area contributed by atoms with E-state index in [-0.39, 0.29) is 11.7 Å². The second-order valence-electron chi connectivity index (χ2n) is 5.13. The van der Waals surface area contributed by atoms with Crippen LogP contribution in [0.25, 0.3) is 11.0 Å². The first kappa shape index (κ1) is 15.1. The first-order valence-electron chi connectivity index (χ1n) is 7.33. The minimum atomic E-state index is -0.287. The van der Waals surface area contributed by atoms with Gasteiger partial charge in [0.2, 0.25) is 0 Å². The highest BCUT2D eigenvalue weighted by Gasteiger charge is 2.17. The molecule has 0 radical (unpaired) electrons. The first-order valence-corrected chi connectivity index (χ1v) is 7.33. The normalized spacial score (nSPS) is 10.7. The van der Waals surface area contributed by atoms with Crippen molar-refractivity contribution in [3.05, 3.63) is 59.9 Å². The number of hydrogen-bond acceptors (Lipinski definition) is 4. The molecule has 0 spiro atoms. The number of ether oxygens (including phenoxy) is 1. The van der Waals surface area contributed by atoms with Crippen molar-refractivity contribution in [3.8, 4) is 5.75 Å². The van der Waals surface area contributed by atoms with Gasteiger partial charge in [0.1, 0.15) is 0 Å². The lowest BCUT2D eigenvalue weighted by Gasteiger charge is -2.05. The molecule has 1 heterocycles. The Kier molecular flexibility index (Phi) is 4.30. The van der Waals surface area contributed by atoms with Gasteiger partial charge in [-0.2, -0.15) is 0 Å². The summed E-state index contributed by atoms with van der Waals surface area (Å²) in [6, 6.07) is 14.8. The molecule has 0 bridgehead atoms. The predicted molar refractivity (Wildman–Crippen MR) is 89.9 cm³/mol. The monoisotopic (exact) mass is 310 g/mol. The van der Waals surface area contributed by atoms with Gasteiger partial charge in [0.15, 0.2) is 17.1 Å². The van der Waals surface area contributed by atoms with Gasteiger partial charge in [-0.05, 0) is 36.9 Å². The van der Waals surface area contributed by atoms with Gasteiger partial charge >= 0.3 is 0 Å². The van der Waals surface area contributed by atoms with Crippen LogP contribution in [-0.4, -0.2) is 20.1 Å². The third-order valence-corrected chi connectivity index (χ3v) is 3.58. The Morgan fingerprint density at radius 1 is 1.17 bits per heavy atom. The average Bonchev–Trinajstić information content (AvgIpc) is 3.02. The molecule has 3 aromatic rings. The molecule has 1 aromatic heterocycles. The standard InChI is InChI=1S/C18H18N2O3/c1-19-11-12-8-9-15(22-2)17-14(12)10-16(23-17)18(21)20-13-6-4-3-5-7-13/h3-10,19H,11H2,1-2H3,(H,20,21). The molecule has 0 atom stereocenters. The van der Waals surface area contributed by atoms with Crippen molar-refractivity contribution in [2.24, 2.45) is 0 Å². The lowest BCUT2D eigenvalue weighted by Crippen LogP contribution is -2.10. The summed E-state index contributed by atoms with van der Waals surface area (Å²) < 4.78 is 11.1. The van der Waals surface area contributed by atoms with Gasteiger partial charge in [-0.15, -0.1) is 0 Å². The lowest BCUT2D eigenvalue weighted by molar-refractivity contribution is 0.0998. The largest absolute Gasteiger partial charge is 0.493 e. The maximum atomic E-state index is 12.4. The van der Waals surface area contributed by atoms with E-state index in [0.29, 0.717) is 17.9 Å². The molecular weight excluding hydrogens is 292 g/mol. The fourth-order valence-electron chi connectivity index (χ4n) is 2.49. The fraction of sp³-hybridized carbons (Fsp3) is 0.167. The van der Waals surface area contributed by atoms with Crippen LogP contribution in [0.15, 0.2) is 52.9 Å². The summed E-state index contributed by atoms with van der Waals surface area (Å²) in [6.45, 7) is 0.680. The fourth-order valence-corrected chi connectivity index (χ4v) is 2.49. The molecule has 23 heavy (non-hydrogen) atoms. The maximum Gasteiger partial charge on any atom is 0.291 e. The van der Waals surface area contributed by atoms with Crippen LogP contribution in [0.1, 0.15) is 16.1 Å². The van der Waals surface area contributed by atoms with Crippen molar-refractivity contribution in [2.75, 3.05) is 19.5 Å². The molecule has 5 heteroatoms. The number of nitrogens with one attached hydrogen (secondary N) is 2. The minimum Gasteiger partial charge on any atom is -0.493 e. The van der Waals surface area contributed by atoms with Gasteiger partial charge in [-0.1, -0.05) is 24.3 Å². The Balaban J connectivity index is 1.98. The molecule has 0 fully saturated rings. The van der Waals surface area contributed by atoms with Crippen molar-refractivity contribution in [3.63, 3.8) is 0 Å². The summed E-state index contributed by atoms with van der Waals surface area (Å²) in [5.74, 6) is 0.578. The van der Waals surface area contributed by atoms with Crippen LogP contribution < -0.4 is 15.4 Å². The van der Waals surface area contributed by atoms with Crippen LogP contribution in [0.4, 0.5) is 5.69 Å². The van der Waals surface area contributed by atoms with E-state index in [1.54, 1.807) is 13.2 Å². The third-order valence-electron chi connectivity index (χ3n) is 3.58. The Labute approximate surface area is 134 Å². The molecule has 1 amide bonds. The smallest absolute Gasteiger partial charge is 0.291 e. The highest BCUT2D eigenvalue weighted by atomic mass is 16.5. The summed E-state index contributed by atoms with van der Waals surface area (Å²) in [6.07, 6.45) is 0. The zero-order chi connectivity index (χ0) is 16.2. The molecule has 3 rings (SSSR count). The topological polar surface area (TPSA) is 63.5 Å². The number of methoxy groups -OCH3 is 1. The molecule has 2 aromatic carbocycles. The molecule has 0 unspecified atom stereocenters. The molecule has 118 valence electrons. The molecule has 2 N–H and O–H groups in total. The van der Waals surface area contributed by atoms with E-state index in [9.17, 15) is 4.79 Å². The number of benzene rings is 2. The number of carbonyl (C=O) groups excluding carboxylic acids is 1. The van der Waals surface area contributed by atoms with E-state index < -0.39 is 0 Å². The van der Waals surface area contributed by atoms with Crippen LogP contribution in [0, 0.1) is 0 Å². The molecule has 0 saturated heterocycles. The van der Waals surface area contributed by atoms with E-state index >= 15 is 0 Å². The van der Waals surface area contributed by atoms with Gasteiger partial charge < -0.3 is 19.8 Å². The number of anilines is 1. The minimum absolute atomic E-state index is 0.255. The summed E-state index contributed by atoms with van der Waals surface area (Å²) in [5.41, 5.74) is 2.35. The van der Waals surface area contributed by atoms with E-state index in [0.717, 1.165) is 16.6 Å². The number of fused-ring (bicyclic) bond motifs is 1. The summed E-state index contributed by atoms with van der Waals surface area (Å²) in [5, 5.41) is 6.80.